The van der Waals surface area contributed by atoms with Gasteiger partial charge >= 0.3 is 0 Å². The lowest BCUT2D eigenvalue weighted by Crippen LogP contribution is -2.34. The molecule has 0 bridgehead atoms. The number of ether oxygens (including phenoxy) is 1. The number of aromatic nitrogens is 3. The Hall–Kier alpha value is -2.59. The second kappa shape index (κ2) is 7.11. The zero-order valence-corrected chi connectivity index (χ0v) is 13.9. The van der Waals surface area contributed by atoms with Crippen LogP contribution in [0.4, 0.5) is 0 Å². The van der Waals surface area contributed by atoms with Gasteiger partial charge in [0.15, 0.2) is 0 Å². The van der Waals surface area contributed by atoms with Crippen molar-refractivity contribution >= 4 is 5.91 Å². The number of H-pyrrole nitrogens is 1. The first-order valence-corrected chi connectivity index (χ1v) is 7.33. The maximum atomic E-state index is 12.7. The van der Waals surface area contributed by atoms with Gasteiger partial charge in [-0.05, 0) is 19.9 Å². The number of aromatic amines is 1. The average Bonchev–Trinajstić information content (AvgIpc) is 3.10. The molecule has 2 heterocycles. The zero-order chi connectivity index (χ0) is 17.0. The van der Waals surface area contributed by atoms with Crippen molar-refractivity contribution in [1.82, 2.24) is 19.7 Å². The minimum Gasteiger partial charge on any atom is -0.383 e. The average molecular weight is 315 g/mol. The van der Waals surface area contributed by atoms with Gasteiger partial charge in [-0.15, -0.1) is 0 Å². The molecule has 0 fully saturated rings. The summed E-state index contributed by atoms with van der Waals surface area (Å²) in [6, 6.07) is 3.58. The Morgan fingerprint density at radius 3 is 2.78 bits per heavy atom. The molecule has 1 amide bonds. The number of nitrogens with zero attached hydrogens (tertiary/aromatic N) is 4. The van der Waals surface area contributed by atoms with Crippen LogP contribution in [-0.4, -0.2) is 45.8 Å². The minimum absolute atomic E-state index is 0.161. The molecular formula is C16H21N5O2. The van der Waals surface area contributed by atoms with Crippen LogP contribution >= 0.6 is 0 Å². The van der Waals surface area contributed by atoms with Gasteiger partial charge in [0.1, 0.15) is 11.8 Å². The van der Waals surface area contributed by atoms with Crippen molar-refractivity contribution in [3.63, 3.8) is 0 Å². The van der Waals surface area contributed by atoms with Gasteiger partial charge in [-0.3, -0.25) is 9.48 Å². The van der Waals surface area contributed by atoms with Gasteiger partial charge in [0.05, 0.1) is 17.9 Å². The summed E-state index contributed by atoms with van der Waals surface area (Å²) in [5.41, 5.74) is 3.81. The highest BCUT2D eigenvalue weighted by Crippen LogP contribution is 2.16. The summed E-state index contributed by atoms with van der Waals surface area (Å²) in [6.45, 7) is 5.27. The third kappa shape index (κ3) is 3.60. The number of hydrogen-bond donors (Lipinski definition) is 1. The maximum Gasteiger partial charge on any atom is 0.270 e. The Bertz CT molecular complexity index is 738. The number of carbonyl (C=O) groups excluding carboxylic acids is 1. The van der Waals surface area contributed by atoms with E-state index in [0.29, 0.717) is 31.0 Å². The van der Waals surface area contributed by atoms with E-state index in [4.69, 9.17) is 10.00 Å². The van der Waals surface area contributed by atoms with E-state index in [0.717, 1.165) is 17.0 Å². The molecule has 0 aliphatic rings. The number of nitrogens with one attached hydrogen (secondary N) is 1. The summed E-state index contributed by atoms with van der Waals surface area (Å²) in [5.74, 6) is -0.161. The standard InChI is InChI=1S/C16H21N5O2/c1-11-14(12(2)20(3)19-11)10-21(5-6-23-4)16(22)15-7-13(8-17)9-18-15/h7,9,18H,5-6,10H2,1-4H3. The first-order valence-electron chi connectivity index (χ1n) is 7.33. The van der Waals surface area contributed by atoms with Crippen LogP contribution in [-0.2, 0) is 18.3 Å². The third-order valence-electron chi connectivity index (χ3n) is 3.90. The molecule has 0 radical (unpaired) electrons. The van der Waals surface area contributed by atoms with Crippen molar-refractivity contribution in [3.8, 4) is 6.07 Å². The number of amides is 1. The third-order valence-corrected chi connectivity index (χ3v) is 3.90. The summed E-state index contributed by atoms with van der Waals surface area (Å²) in [4.78, 5) is 17.3. The number of carbonyl (C=O) groups is 1. The molecule has 1 N–H and O–H groups in total. The lowest BCUT2D eigenvalue weighted by molar-refractivity contribution is 0.0674. The van der Waals surface area contributed by atoms with E-state index in [9.17, 15) is 4.79 Å². The normalized spacial score (nSPS) is 10.6. The Balaban J connectivity index is 2.25. The molecule has 0 unspecified atom stereocenters. The van der Waals surface area contributed by atoms with E-state index in [1.165, 1.54) is 6.20 Å². The Morgan fingerprint density at radius 2 is 2.26 bits per heavy atom. The summed E-state index contributed by atoms with van der Waals surface area (Å²) < 4.78 is 6.92. The predicted octanol–water partition coefficient (Wildman–Crippen LogP) is 1.53. The molecular weight excluding hydrogens is 294 g/mol. The van der Waals surface area contributed by atoms with Crippen molar-refractivity contribution in [2.45, 2.75) is 20.4 Å². The first kappa shape index (κ1) is 16.8. The molecule has 0 aromatic carbocycles. The van der Waals surface area contributed by atoms with E-state index in [-0.39, 0.29) is 5.91 Å². The number of methoxy groups -OCH3 is 1. The van der Waals surface area contributed by atoms with Crippen LogP contribution in [0.15, 0.2) is 12.3 Å². The lowest BCUT2D eigenvalue weighted by Gasteiger charge is -2.22. The molecule has 0 aliphatic carbocycles. The van der Waals surface area contributed by atoms with E-state index in [1.54, 1.807) is 18.1 Å². The highest BCUT2D eigenvalue weighted by Gasteiger charge is 2.21. The van der Waals surface area contributed by atoms with Gasteiger partial charge < -0.3 is 14.6 Å². The fraction of sp³-hybridized carbons (Fsp3) is 0.438. The fourth-order valence-corrected chi connectivity index (χ4v) is 2.44. The van der Waals surface area contributed by atoms with Crippen molar-refractivity contribution in [1.29, 1.82) is 5.26 Å². The molecule has 7 nitrogen and oxygen atoms in total. The van der Waals surface area contributed by atoms with Crippen LogP contribution < -0.4 is 0 Å². The second-order valence-corrected chi connectivity index (χ2v) is 5.41. The second-order valence-electron chi connectivity index (χ2n) is 5.41. The number of rotatable bonds is 6. The van der Waals surface area contributed by atoms with Gasteiger partial charge in [0.25, 0.3) is 5.91 Å². The molecule has 122 valence electrons. The SMILES string of the molecule is COCCN(Cc1c(C)nn(C)c1C)C(=O)c1cc(C#N)c[nH]1. The molecule has 7 heteroatoms. The molecule has 23 heavy (non-hydrogen) atoms. The topological polar surface area (TPSA) is 86.9 Å². The first-order chi connectivity index (χ1) is 11.0. The Labute approximate surface area is 135 Å². The highest BCUT2D eigenvalue weighted by atomic mass is 16.5. The highest BCUT2D eigenvalue weighted by molar-refractivity contribution is 5.92. The van der Waals surface area contributed by atoms with Gasteiger partial charge in [-0.1, -0.05) is 0 Å². The van der Waals surface area contributed by atoms with Crippen LogP contribution in [0, 0.1) is 25.2 Å². The van der Waals surface area contributed by atoms with Gasteiger partial charge in [0.2, 0.25) is 0 Å². The molecule has 2 aromatic rings. The summed E-state index contributed by atoms with van der Waals surface area (Å²) in [5, 5.41) is 13.3. The van der Waals surface area contributed by atoms with Crippen molar-refractivity contribution in [2.75, 3.05) is 20.3 Å². The quantitative estimate of drug-likeness (QED) is 0.875. The summed E-state index contributed by atoms with van der Waals surface area (Å²) in [6.07, 6.45) is 1.53. The maximum absolute atomic E-state index is 12.7. The lowest BCUT2D eigenvalue weighted by atomic mass is 10.1. The van der Waals surface area contributed by atoms with Gasteiger partial charge in [-0.25, -0.2) is 0 Å². The molecule has 0 aliphatic heterocycles. The molecule has 0 spiro atoms. The molecule has 0 saturated heterocycles. The molecule has 0 saturated carbocycles. The van der Waals surface area contributed by atoms with E-state index < -0.39 is 0 Å². The number of aryl methyl sites for hydroxylation is 2. The Kier molecular flexibility index (Phi) is 5.19. The van der Waals surface area contributed by atoms with E-state index in [2.05, 4.69) is 10.1 Å². The predicted molar refractivity (Wildman–Crippen MR) is 84.8 cm³/mol. The fourth-order valence-electron chi connectivity index (χ4n) is 2.44. The van der Waals surface area contributed by atoms with E-state index >= 15 is 0 Å². The molecule has 2 aromatic heterocycles. The summed E-state index contributed by atoms with van der Waals surface area (Å²) in [7, 11) is 3.49. The monoisotopic (exact) mass is 315 g/mol. The van der Waals surface area contributed by atoms with Crippen LogP contribution in [0.25, 0.3) is 0 Å². The summed E-state index contributed by atoms with van der Waals surface area (Å²) >= 11 is 0. The van der Waals surface area contributed by atoms with Crippen LogP contribution in [0.2, 0.25) is 0 Å². The number of nitriles is 1. The van der Waals surface area contributed by atoms with Gasteiger partial charge in [0, 0.05) is 44.7 Å². The zero-order valence-electron chi connectivity index (χ0n) is 13.9. The Morgan fingerprint density at radius 1 is 1.52 bits per heavy atom. The molecule has 0 atom stereocenters. The van der Waals surface area contributed by atoms with Crippen molar-refractivity contribution in [2.24, 2.45) is 7.05 Å². The van der Waals surface area contributed by atoms with Crippen LogP contribution in [0.3, 0.4) is 0 Å². The van der Waals surface area contributed by atoms with Gasteiger partial charge in [-0.2, -0.15) is 10.4 Å². The van der Waals surface area contributed by atoms with Crippen LogP contribution in [0.5, 0.6) is 0 Å². The minimum atomic E-state index is -0.161. The van der Waals surface area contributed by atoms with Crippen LogP contribution in [0.1, 0.15) is 33.0 Å². The molecule has 2 rings (SSSR count). The largest absolute Gasteiger partial charge is 0.383 e. The van der Waals surface area contributed by atoms with Crippen molar-refractivity contribution in [3.05, 3.63) is 40.5 Å². The number of hydrogen-bond acceptors (Lipinski definition) is 4. The van der Waals surface area contributed by atoms with Crippen molar-refractivity contribution < 1.29 is 9.53 Å². The smallest absolute Gasteiger partial charge is 0.270 e. The van der Waals surface area contributed by atoms with E-state index in [1.807, 2.05) is 31.6 Å².